The molecule has 4 N–H and O–H groups in total. The van der Waals surface area contributed by atoms with Crippen molar-refractivity contribution in [3.63, 3.8) is 0 Å². The van der Waals surface area contributed by atoms with Crippen LogP contribution in [0.5, 0.6) is 0 Å². The van der Waals surface area contributed by atoms with Gasteiger partial charge in [-0.3, -0.25) is 9.69 Å². The fourth-order valence-electron chi connectivity index (χ4n) is 1.82. The van der Waals surface area contributed by atoms with Crippen molar-refractivity contribution in [2.45, 2.75) is 12.5 Å². The van der Waals surface area contributed by atoms with Gasteiger partial charge in [-0.05, 0) is 7.05 Å². The van der Waals surface area contributed by atoms with E-state index < -0.39 is 0 Å². The zero-order chi connectivity index (χ0) is 10.6. The van der Waals surface area contributed by atoms with Crippen molar-refractivity contribution in [2.24, 2.45) is 11.5 Å². The minimum absolute atomic E-state index is 0.236. The quantitative estimate of drug-likeness (QED) is 0.575. The molecule has 0 radical (unpaired) electrons. The van der Waals surface area contributed by atoms with Crippen LogP contribution in [0.3, 0.4) is 0 Å². The Morgan fingerprint density at radius 2 is 2.21 bits per heavy atom. The fourth-order valence-corrected chi connectivity index (χ4v) is 1.82. The summed E-state index contributed by atoms with van der Waals surface area (Å²) in [5.41, 5.74) is 10.8. The molecule has 0 aromatic heterocycles. The van der Waals surface area contributed by atoms with Crippen LogP contribution < -0.4 is 11.5 Å². The Hall–Kier alpha value is -0.650. The minimum Gasteiger partial charge on any atom is -0.370 e. The van der Waals surface area contributed by atoms with Crippen molar-refractivity contribution < 1.29 is 4.79 Å². The maximum absolute atomic E-state index is 10.7. The van der Waals surface area contributed by atoms with Gasteiger partial charge in [0, 0.05) is 45.2 Å². The zero-order valence-electron chi connectivity index (χ0n) is 8.78. The van der Waals surface area contributed by atoms with E-state index >= 15 is 0 Å². The molecule has 1 aliphatic heterocycles. The molecule has 0 aromatic carbocycles. The summed E-state index contributed by atoms with van der Waals surface area (Å²) in [6.07, 6.45) is 0.431. The van der Waals surface area contributed by atoms with Crippen LogP contribution in [0.15, 0.2) is 0 Å². The average molecular weight is 200 g/mol. The SMILES string of the molecule is CN1CCN(CCC(N)=O)C(CN)C1. The van der Waals surface area contributed by atoms with Crippen molar-refractivity contribution in [3.8, 4) is 0 Å². The van der Waals surface area contributed by atoms with E-state index in [0.29, 0.717) is 19.0 Å². The van der Waals surface area contributed by atoms with Gasteiger partial charge < -0.3 is 16.4 Å². The monoisotopic (exact) mass is 200 g/mol. The van der Waals surface area contributed by atoms with E-state index in [0.717, 1.165) is 26.2 Å². The Morgan fingerprint density at radius 3 is 2.79 bits per heavy atom. The van der Waals surface area contributed by atoms with Gasteiger partial charge in [-0.2, -0.15) is 0 Å². The van der Waals surface area contributed by atoms with Crippen LogP contribution in [-0.4, -0.2) is 61.5 Å². The van der Waals surface area contributed by atoms with Crippen LogP contribution in [0.2, 0.25) is 0 Å². The Morgan fingerprint density at radius 1 is 1.50 bits per heavy atom. The summed E-state index contributed by atoms with van der Waals surface area (Å²) < 4.78 is 0. The lowest BCUT2D eigenvalue weighted by Crippen LogP contribution is -2.55. The van der Waals surface area contributed by atoms with Gasteiger partial charge >= 0.3 is 0 Å². The van der Waals surface area contributed by atoms with Gasteiger partial charge in [0.1, 0.15) is 0 Å². The first kappa shape index (κ1) is 11.4. The Balaban J connectivity index is 2.38. The highest BCUT2D eigenvalue weighted by Crippen LogP contribution is 2.07. The summed E-state index contributed by atoms with van der Waals surface area (Å²) >= 11 is 0. The van der Waals surface area contributed by atoms with E-state index in [9.17, 15) is 4.79 Å². The first-order valence-corrected chi connectivity index (χ1v) is 5.04. The molecule has 14 heavy (non-hydrogen) atoms. The molecule has 1 aliphatic rings. The molecular weight excluding hydrogens is 180 g/mol. The molecule has 0 aliphatic carbocycles. The summed E-state index contributed by atoms with van der Waals surface area (Å²) in [6, 6.07) is 0.369. The van der Waals surface area contributed by atoms with Gasteiger partial charge in [0.05, 0.1) is 0 Å². The summed E-state index contributed by atoms with van der Waals surface area (Å²) in [7, 11) is 2.09. The molecular formula is C9H20N4O. The molecule has 1 amide bonds. The van der Waals surface area contributed by atoms with Crippen LogP contribution >= 0.6 is 0 Å². The van der Waals surface area contributed by atoms with Gasteiger partial charge in [0.2, 0.25) is 5.91 Å². The van der Waals surface area contributed by atoms with Crippen LogP contribution in [0, 0.1) is 0 Å². The molecule has 0 bridgehead atoms. The molecule has 1 rings (SSSR count). The topological polar surface area (TPSA) is 75.6 Å². The highest BCUT2D eigenvalue weighted by Gasteiger charge is 2.23. The van der Waals surface area contributed by atoms with Gasteiger partial charge in [0.15, 0.2) is 0 Å². The Bertz CT molecular complexity index is 197. The number of carbonyl (C=O) groups excluding carboxylic acids is 1. The standard InChI is InChI=1S/C9H20N4O/c1-12-4-5-13(3-2-9(11)14)8(6-10)7-12/h8H,2-7,10H2,1H3,(H2,11,14). The average Bonchev–Trinajstić information content (AvgIpc) is 2.15. The lowest BCUT2D eigenvalue weighted by Gasteiger charge is -2.39. The third kappa shape index (κ3) is 3.25. The molecule has 1 saturated heterocycles. The molecule has 5 nitrogen and oxygen atoms in total. The summed E-state index contributed by atoms with van der Waals surface area (Å²) in [5, 5.41) is 0. The number of rotatable bonds is 4. The molecule has 5 heteroatoms. The predicted molar refractivity (Wildman–Crippen MR) is 55.7 cm³/mol. The third-order valence-electron chi connectivity index (χ3n) is 2.73. The maximum Gasteiger partial charge on any atom is 0.218 e. The summed E-state index contributed by atoms with van der Waals surface area (Å²) in [4.78, 5) is 15.2. The number of nitrogens with two attached hydrogens (primary N) is 2. The third-order valence-corrected chi connectivity index (χ3v) is 2.73. The van der Waals surface area contributed by atoms with E-state index in [1.165, 1.54) is 0 Å². The zero-order valence-corrected chi connectivity index (χ0v) is 8.78. The second kappa shape index (κ2) is 5.29. The number of piperazine rings is 1. The second-order valence-corrected chi connectivity index (χ2v) is 3.90. The number of hydrogen-bond donors (Lipinski definition) is 2. The van der Waals surface area contributed by atoms with E-state index in [-0.39, 0.29) is 5.91 Å². The van der Waals surface area contributed by atoms with Crippen LogP contribution in [-0.2, 0) is 4.79 Å². The van der Waals surface area contributed by atoms with Gasteiger partial charge in [-0.25, -0.2) is 0 Å². The lowest BCUT2D eigenvalue weighted by molar-refractivity contribution is -0.118. The van der Waals surface area contributed by atoms with Crippen molar-refractivity contribution in [2.75, 3.05) is 39.8 Å². The second-order valence-electron chi connectivity index (χ2n) is 3.90. The Labute approximate surface area is 85.0 Å². The molecule has 82 valence electrons. The van der Waals surface area contributed by atoms with E-state index in [1.807, 2.05) is 0 Å². The largest absolute Gasteiger partial charge is 0.370 e. The fraction of sp³-hybridized carbons (Fsp3) is 0.889. The number of hydrogen-bond acceptors (Lipinski definition) is 4. The smallest absolute Gasteiger partial charge is 0.218 e. The molecule has 1 heterocycles. The number of primary amides is 1. The van der Waals surface area contributed by atoms with Crippen LogP contribution in [0.4, 0.5) is 0 Å². The first-order valence-electron chi connectivity index (χ1n) is 5.04. The van der Waals surface area contributed by atoms with Crippen molar-refractivity contribution in [1.29, 1.82) is 0 Å². The van der Waals surface area contributed by atoms with E-state index in [1.54, 1.807) is 0 Å². The normalized spacial score (nSPS) is 25.1. The Kier molecular flexibility index (Phi) is 4.31. The molecule has 1 unspecified atom stereocenters. The van der Waals surface area contributed by atoms with E-state index in [4.69, 9.17) is 11.5 Å². The van der Waals surface area contributed by atoms with Gasteiger partial charge in [0.25, 0.3) is 0 Å². The maximum atomic E-state index is 10.7. The summed E-state index contributed by atoms with van der Waals surface area (Å²) in [6.45, 7) is 4.38. The van der Waals surface area contributed by atoms with Crippen LogP contribution in [0.25, 0.3) is 0 Å². The highest BCUT2D eigenvalue weighted by atomic mass is 16.1. The van der Waals surface area contributed by atoms with Crippen molar-refractivity contribution in [1.82, 2.24) is 9.80 Å². The van der Waals surface area contributed by atoms with Gasteiger partial charge in [-0.15, -0.1) is 0 Å². The lowest BCUT2D eigenvalue weighted by atomic mass is 10.1. The number of carbonyl (C=O) groups is 1. The molecule has 0 saturated carbocycles. The van der Waals surface area contributed by atoms with E-state index in [2.05, 4.69) is 16.8 Å². The minimum atomic E-state index is -0.236. The van der Waals surface area contributed by atoms with Crippen LogP contribution in [0.1, 0.15) is 6.42 Å². The highest BCUT2D eigenvalue weighted by molar-refractivity contribution is 5.73. The first-order chi connectivity index (χ1) is 6.63. The summed E-state index contributed by atoms with van der Waals surface area (Å²) in [5.74, 6) is -0.236. The van der Waals surface area contributed by atoms with Gasteiger partial charge in [-0.1, -0.05) is 0 Å². The number of likely N-dealkylation sites (N-methyl/N-ethyl adjacent to an activating group) is 1. The van der Waals surface area contributed by atoms with Crippen molar-refractivity contribution >= 4 is 5.91 Å². The number of nitrogens with zero attached hydrogens (tertiary/aromatic N) is 2. The predicted octanol–water partition coefficient (Wildman–Crippen LogP) is -1.56. The molecule has 0 aromatic rings. The molecule has 1 atom stereocenters. The number of amides is 1. The molecule has 1 fully saturated rings. The molecule has 0 spiro atoms. The van der Waals surface area contributed by atoms with Crippen molar-refractivity contribution in [3.05, 3.63) is 0 Å².